The molecule has 7 heteroatoms. The van der Waals surface area contributed by atoms with Crippen LogP contribution in [0.15, 0.2) is 36.7 Å². The van der Waals surface area contributed by atoms with Gasteiger partial charge in [-0.2, -0.15) is 14.6 Å². The van der Waals surface area contributed by atoms with Crippen LogP contribution in [0.4, 0.5) is 5.82 Å². The molecule has 2 aromatic heterocycles. The summed E-state index contributed by atoms with van der Waals surface area (Å²) in [5.41, 5.74) is 1.93. The normalized spacial score (nSPS) is 12.5. The second kappa shape index (κ2) is 6.93. The Kier molecular flexibility index (Phi) is 4.73. The minimum absolute atomic E-state index is 0.110. The highest BCUT2D eigenvalue weighted by atomic mass is 35.5. The van der Waals surface area contributed by atoms with Gasteiger partial charge in [-0.05, 0) is 24.1 Å². The van der Waals surface area contributed by atoms with E-state index in [4.69, 9.17) is 16.3 Å². The zero-order valence-electron chi connectivity index (χ0n) is 13.0. The number of anilines is 1. The van der Waals surface area contributed by atoms with Gasteiger partial charge in [-0.3, -0.25) is 0 Å². The van der Waals surface area contributed by atoms with Gasteiger partial charge in [0, 0.05) is 18.2 Å². The Bertz CT molecular complexity index is 804. The van der Waals surface area contributed by atoms with Crippen LogP contribution in [-0.2, 0) is 11.3 Å². The molecule has 1 atom stereocenters. The number of methoxy groups -OCH3 is 1. The molecule has 120 valence electrons. The zero-order valence-corrected chi connectivity index (χ0v) is 13.8. The van der Waals surface area contributed by atoms with Crippen LogP contribution in [0.1, 0.15) is 30.6 Å². The second-order valence-corrected chi connectivity index (χ2v) is 5.63. The number of benzene rings is 1. The first-order valence-corrected chi connectivity index (χ1v) is 7.79. The maximum absolute atomic E-state index is 6.11. The Hall–Kier alpha value is -2.18. The van der Waals surface area contributed by atoms with Gasteiger partial charge in [0.2, 0.25) is 0 Å². The van der Waals surface area contributed by atoms with Gasteiger partial charge in [-0.25, -0.2) is 4.98 Å². The summed E-state index contributed by atoms with van der Waals surface area (Å²) >= 11 is 6.11. The molecule has 3 aromatic rings. The molecule has 0 amide bonds. The number of fused-ring (bicyclic) bond motifs is 1. The van der Waals surface area contributed by atoms with Gasteiger partial charge >= 0.3 is 0 Å². The summed E-state index contributed by atoms with van der Waals surface area (Å²) in [6.45, 7) is 2.54. The molecule has 0 saturated carbocycles. The molecule has 0 saturated heterocycles. The Morgan fingerprint density at radius 3 is 2.96 bits per heavy atom. The molecular weight excluding hydrogens is 314 g/mol. The van der Waals surface area contributed by atoms with Crippen molar-refractivity contribution in [3.8, 4) is 0 Å². The molecule has 3 rings (SSSR count). The van der Waals surface area contributed by atoms with Crippen molar-refractivity contribution >= 4 is 23.2 Å². The fourth-order valence-corrected chi connectivity index (χ4v) is 2.71. The summed E-state index contributed by atoms with van der Waals surface area (Å²) in [6.07, 6.45) is 2.39. The summed E-state index contributed by atoms with van der Waals surface area (Å²) in [5, 5.41) is 8.46. The molecule has 0 aliphatic rings. The van der Waals surface area contributed by atoms with Crippen molar-refractivity contribution in [1.82, 2.24) is 19.6 Å². The van der Waals surface area contributed by atoms with Gasteiger partial charge in [-0.15, -0.1) is 0 Å². The van der Waals surface area contributed by atoms with Crippen molar-refractivity contribution in [3.05, 3.63) is 52.9 Å². The molecule has 1 unspecified atom stereocenters. The predicted molar refractivity (Wildman–Crippen MR) is 89.6 cm³/mol. The van der Waals surface area contributed by atoms with Gasteiger partial charge in [0.25, 0.3) is 5.78 Å². The van der Waals surface area contributed by atoms with Gasteiger partial charge in [-0.1, -0.05) is 30.7 Å². The molecule has 23 heavy (non-hydrogen) atoms. The lowest BCUT2D eigenvalue weighted by atomic mass is 10.0. The highest BCUT2D eigenvalue weighted by Gasteiger charge is 2.14. The van der Waals surface area contributed by atoms with Crippen LogP contribution < -0.4 is 5.32 Å². The van der Waals surface area contributed by atoms with Crippen molar-refractivity contribution < 1.29 is 4.74 Å². The molecule has 2 heterocycles. The largest absolute Gasteiger partial charge is 0.378 e. The molecular formula is C16H18ClN5O. The van der Waals surface area contributed by atoms with Crippen molar-refractivity contribution in [1.29, 1.82) is 0 Å². The minimum Gasteiger partial charge on any atom is -0.378 e. The average Bonchev–Trinajstić information content (AvgIpc) is 3.01. The maximum Gasteiger partial charge on any atom is 0.254 e. The quantitative estimate of drug-likeness (QED) is 0.749. The number of hydrogen-bond acceptors (Lipinski definition) is 5. The zero-order chi connectivity index (χ0) is 16.2. The van der Waals surface area contributed by atoms with Crippen LogP contribution in [0, 0.1) is 0 Å². The summed E-state index contributed by atoms with van der Waals surface area (Å²) in [7, 11) is 1.64. The number of halogens is 1. The third-order valence-corrected chi connectivity index (χ3v) is 3.81. The first-order chi connectivity index (χ1) is 11.2. The van der Waals surface area contributed by atoms with E-state index in [1.165, 1.54) is 6.33 Å². The van der Waals surface area contributed by atoms with Crippen LogP contribution in [0.25, 0.3) is 5.78 Å². The van der Waals surface area contributed by atoms with Crippen molar-refractivity contribution in [2.75, 3.05) is 12.4 Å². The third kappa shape index (κ3) is 3.43. The summed E-state index contributed by atoms with van der Waals surface area (Å²) in [4.78, 5) is 8.58. The van der Waals surface area contributed by atoms with Gasteiger partial charge in [0.15, 0.2) is 0 Å². The monoisotopic (exact) mass is 331 g/mol. The molecule has 0 fully saturated rings. The Morgan fingerprint density at radius 1 is 1.35 bits per heavy atom. The summed E-state index contributed by atoms with van der Waals surface area (Å²) in [5.74, 6) is 1.37. The van der Waals surface area contributed by atoms with E-state index in [-0.39, 0.29) is 6.04 Å². The number of ether oxygens (including phenoxy) is 1. The number of nitrogens with one attached hydrogen (secondary N) is 1. The van der Waals surface area contributed by atoms with E-state index in [0.717, 1.165) is 28.5 Å². The Balaban J connectivity index is 1.96. The maximum atomic E-state index is 6.11. The van der Waals surface area contributed by atoms with Crippen LogP contribution in [0.3, 0.4) is 0 Å². The standard InChI is InChI=1S/C16H18ClN5O/c1-3-14(11-5-4-6-12(17)7-11)21-15-8-13(9-23-2)20-16-18-10-19-22(15)16/h4-8,10,14,21H,3,9H2,1-2H3. The number of rotatable bonds is 6. The number of aromatic nitrogens is 4. The van der Waals surface area contributed by atoms with Gasteiger partial charge < -0.3 is 10.1 Å². The Morgan fingerprint density at radius 2 is 2.22 bits per heavy atom. The molecule has 1 aromatic carbocycles. The topological polar surface area (TPSA) is 64.3 Å². The van der Waals surface area contributed by atoms with Crippen molar-refractivity contribution in [2.45, 2.75) is 26.0 Å². The van der Waals surface area contributed by atoms with E-state index in [0.29, 0.717) is 12.4 Å². The van der Waals surface area contributed by atoms with Crippen molar-refractivity contribution in [3.63, 3.8) is 0 Å². The lowest BCUT2D eigenvalue weighted by Crippen LogP contribution is -2.14. The molecule has 0 bridgehead atoms. The fraction of sp³-hybridized carbons (Fsp3) is 0.312. The highest BCUT2D eigenvalue weighted by molar-refractivity contribution is 6.30. The van der Waals surface area contributed by atoms with E-state index in [2.05, 4.69) is 33.4 Å². The smallest absolute Gasteiger partial charge is 0.254 e. The average molecular weight is 332 g/mol. The van der Waals surface area contributed by atoms with Gasteiger partial charge in [0.1, 0.15) is 12.1 Å². The van der Waals surface area contributed by atoms with E-state index in [1.54, 1.807) is 11.6 Å². The minimum atomic E-state index is 0.110. The van der Waals surface area contributed by atoms with Crippen LogP contribution >= 0.6 is 11.6 Å². The molecule has 0 radical (unpaired) electrons. The van der Waals surface area contributed by atoms with Crippen molar-refractivity contribution in [2.24, 2.45) is 0 Å². The third-order valence-electron chi connectivity index (χ3n) is 3.58. The molecule has 0 spiro atoms. The summed E-state index contributed by atoms with van der Waals surface area (Å²) in [6, 6.07) is 9.89. The van der Waals surface area contributed by atoms with Crippen LogP contribution in [-0.4, -0.2) is 26.7 Å². The molecule has 1 N–H and O–H groups in total. The van der Waals surface area contributed by atoms with E-state index in [9.17, 15) is 0 Å². The Labute approximate surface area is 139 Å². The van der Waals surface area contributed by atoms with Crippen LogP contribution in [0.2, 0.25) is 5.02 Å². The molecule has 0 aliphatic heterocycles. The predicted octanol–water partition coefficient (Wildman–Crippen LogP) is 3.49. The highest BCUT2D eigenvalue weighted by Crippen LogP contribution is 2.25. The lowest BCUT2D eigenvalue weighted by Gasteiger charge is -2.19. The summed E-state index contributed by atoms with van der Waals surface area (Å²) < 4.78 is 6.86. The number of nitrogens with zero attached hydrogens (tertiary/aromatic N) is 4. The molecule has 6 nitrogen and oxygen atoms in total. The fourth-order valence-electron chi connectivity index (χ4n) is 2.51. The number of hydrogen-bond donors (Lipinski definition) is 1. The van der Waals surface area contributed by atoms with E-state index >= 15 is 0 Å². The first kappa shape index (κ1) is 15.7. The molecule has 0 aliphatic carbocycles. The second-order valence-electron chi connectivity index (χ2n) is 5.20. The SMILES string of the molecule is CCC(Nc1cc(COC)nc2ncnn12)c1cccc(Cl)c1. The van der Waals surface area contributed by atoms with Gasteiger partial charge in [0.05, 0.1) is 18.3 Å². The van der Waals surface area contributed by atoms with E-state index in [1.807, 2.05) is 24.3 Å². The first-order valence-electron chi connectivity index (χ1n) is 7.42. The lowest BCUT2D eigenvalue weighted by molar-refractivity contribution is 0.181. The van der Waals surface area contributed by atoms with Crippen LogP contribution in [0.5, 0.6) is 0 Å². The van der Waals surface area contributed by atoms with E-state index < -0.39 is 0 Å².